The maximum absolute atomic E-state index is 6.45. The van der Waals surface area contributed by atoms with Crippen LogP contribution in [0.4, 0.5) is 0 Å². The summed E-state index contributed by atoms with van der Waals surface area (Å²) in [7, 11) is 0. The van der Waals surface area contributed by atoms with Crippen molar-refractivity contribution in [1.82, 2.24) is 9.80 Å². The van der Waals surface area contributed by atoms with Crippen molar-refractivity contribution in [1.29, 1.82) is 0 Å². The summed E-state index contributed by atoms with van der Waals surface area (Å²) in [5.41, 5.74) is 6.45. The quantitative estimate of drug-likeness (QED) is 0.826. The smallest absolute Gasteiger partial charge is 0.0224 e. The Hall–Kier alpha value is -0.120. The first-order valence-electron chi connectivity index (χ1n) is 8.35. The largest absolute Gasteiger partial charge is 0.327 e. The van der Waals surface area contributed by atoms with Gasteiger partial charge in [0.2, 0.25) is 0 Å². The Labute approximate surface area is 118 Å². The maximum Gasteiger partial charge on any atom is 0.0224 e. The summed E-state index contributed by atoms with van der Waals surface area (Å²) >= 11 is 0. The summed E-state index contributed by atoms with van der Waals surface area (Å²) in [4.78, 5) is 5.41. The number of nitrogens with two attached hydrogens (primary N) is 1. The van der Waals surface area contributed by atoms with Crippen LogP contribution in [0.25, 0.3) is 0 Å². The highest BCUT2D eigenvalue weighted by Crippen LogP contribution is 2.34. The zero-order valence-electron chi connectivity index (χ0n) is 12.7. The molecule has 0 bridgehead atoms. The molecule has 2 aliphatic heterocycles. The van der Waals surface area contributed by atoms with E-state index in [1.165, 1.54) is 58.4 Å². The topological polar surface area (TPSA) is 32.5 Å². The van der Waals surface area contributed by atoms with Crippen molar-refractivity contribution < 1.29 is 0 Å². The zero-order valence-corrected chi connectivity index (χ0v) is 12.7. The fraction of sp³-hybridized carbons (Fsp3) is 1.00. The van der Waals surface area contributed by atoms with E-state index in [4.69, 9.17) is 5.73 Å². The molecule has 5 unspecified atom stereocenters. The first kappa shape index (κ1) is 13.8. The fourth-order valence-corrected chi connectivity index (χ4v) is 4.80. The Balaban J connectivity index is 1.55. The Morgan fingerprint density at radius 2 is 1.95 bits per heavy atom. The monoisotopic (exact) mass is 265 g/mol. The van der Waals surface area contributed by atoms with Crippen molar-refractivity contribution in [3.8, 4) is 0 Å². The number of piperazine rings is 1. The summed E-state index contributed by atoms with van der Waals surface area (Å²) in [6.07, 6.45) is 5.44. The lowest BCUT2D eigenvalue weighted by atomic mass is 9.72. The van der Waals surface area contributed by atoms with Gasteiger partial charge in [0.25, 0.3) is 0 Å². The summed E-state index contributed by atoms with van der Waals surface area (Å²) in [6, 6.07) is 1.28. The Kier molecular flexibility index (Phi) is 4.16. The van der Waals surface area contributed by atoms with Gasteiger partial charge < -0.3 is 10.6 Å². The molecule has 110 valence electrons. The van der Waals surface area contributed by atoms with Crippen LogP contribution >= 0.6 is 0 Å². The van der Waals surface area contributed by atoms with E-state index in [0.717, 1.165) is 23.8 Å². The summed E-state index contributed by atoms with van der Waals surface area (Å²) in [5, 5.41) is 0. The Morgan fingerprint density at radius 1 is 1.11 bits per heavy atom. The van der Waals surface area contributed by atoms with Crippen LogP contribution in [0.2, 0.25) is 0 Å². The molecular weight excluding hydrogens is 234 g/mol. The van der Waals surface area contributed by atoms with E-state index in [9.17, 15) is 0 Å². The van der Waals surface area contributed by atoms with E-state index in [0.29, 0.717) is 6.04 Å². The van der Waals surface area contributed by atoms with Gasteiger partial charge in [-0.2, -0.15) is 0 Å². The molecule has 0 amide bonds. The predicted octanol–water partition coefficient (Wildman–Crippen LogP) is 1.78. The van der Waals surface area contributed by atoms with Gasteiger partial charge in [0.1, 0.15) is 0 Å². The number of hydrogen-bond donors (Lipinski definition) is 1. The van der Waals surface area contributed by atoms with Crippen LogP contribution in [-0.2, 0) is 0 Å². The molecule has 3 heteroatoms. The van der Waals surface area contributed by atoms with Gasteiger partial charge in [-0.1, -0.05) is 13.8 Å². The highest BCUT2D eigenvalue weighted by Gasteiger charge is 2.36. The van der Waals surface area contributed by atoms with E-state index in [-0.39, 0.29) is 0 Å². The molecule has 3 aliphatic rings. The Bertz CT molecular complexity index is 294. The van der Waals surface area contributed by atoms with E-state index in [2.05, 4.69) is 23.6 Å². The van der Waals surface area contributed by atoms with Gasteiger partial charge in [-0.25, -0.2) is 0 Å². The van der Waals surface area contributed by atoms with Gasteiger partial charge in [0.15, 0.2) is 0 Å². The van der Waals surface area contributed by atoms with Crippen molar-refractivity contribution >= 4 is 0 Å². The molecule has 2 saturated heterocycles. The third-order valence-corrected chi connectivity index (χ3v) is 5.87. The van der Waals surface area contributed by atoms with Gasteiger partial charge in [0, 0.05) is 38.3 Å². The second-order valence-corrected chi connectivity index (χ2v) is 7.47. The fourth-order valence-electron chi connectivity index (χ4n) is 4.80. The van der Waals surface area contributed by atoms with Gasteiger partial charge in [-0.15, -0.1) is 0 Å². The lowest BCUT2D eigenvalue weighted by molar-refractivity contribution is 0.0608. The van der Waals surface area contributed by atoms with E-state index in [1.807, 2.05) is 0 Å². The SMILES string of the molecule is CC1CC(C)C(CN2CCN3CCCC3C2)C(N)C1. The molecular formula is C16H31N3. The van der Waals surface area contributed by atoms with Crippen molar-refractivity contribution in [3.63, 3.8) is 0 Å². The summed E-state index contributed by atoms with van der Waals surface area (Å²) < 4.78 is 0. The van der Waals surface area contributed by atoms with Crippen molar-refractivity contribution in [2.75, 3.05) is 32.7 Å². The molecule has 0 aromatic carbocycles. The lowest BCUT2D eigenvalue weighted by Gasteiger charge is -2.44. The Morgan fingerprint density at radius 3 is 2.74 bits per heavy atom. The van der Waals surface area contributed by atoms with E-state index in [1.54, 1.807) is 0 Å². The minimum atomic E-state index is 0.431. The number of hydrogen-bond acceptors (Lipinski definition) is 3. The molecule has 0 radical (unpaired) electrons. The standard InChI is InChI=1S/C16H31N3/c1-12-8-13(2)15(16(17)9-12)11-18-6-7-19-5-3-4-14(19)10-18/h12-16H,3-11,17H2,1-2H3. The average Bonchev–Trinajstić information content (AvgIpc) is 2.81. The third-order valence-electron chi connectivity index (χ3n) is 5.87. The van der Waals surface area contributed by atoms with Crippen molar-refractivity contribution in [2.45, 2.75) is 51.6 Å². The predicted molar refractivity (Wildman–Crippen MR) is 80.1 cm³/mol. The van der Waals surface area contributed by atoms with Crippen molar-refractivity contribution in [2.24, 2.45) is 23.5 Å². The van der Waals surface area contributed by atoms with E-state index >= 15 is 0 Å². The second kappa shape index (κ2) is 5.71. The van der Waals surface area contributed by atoms with Crippen molar-refractivity contribution in [3.05, 3.63) is 0 Å². The highest BCUT2D eigenvalue weighted by molar-refractivity contribution is 4.91. The molecule has 3 rings (SSSR count). The minimum Gasteiger partial charge on any atom is -0.327 e. The van der Waals surface area contributed by atoms with Crippen LogP contribution in [-0.4, -0.2) is 54.6 Å². The normalized spacial score (nSPS) is 45.3. The average molecular weight is 265 g/mol. The molecule has 19 heavy (non-hydrogen) atoms. The van der Waals surface area contributed by atoms with Crippen LogP contribution in [0.3, 0.4) is 0 Å². The molecule has 1 aliphatic carbocycles. The van der Waals surface area contributed by atoms with Gasteiger partial charge in [0.05, 0.1) is 0 Å². The maximum atomic E-state index is 6.45. The molecule has 3 nitrogen and oxygen atoms in total. The lowest BCUT2D eigenvalue weighted by Crippen LogP contribution is -2.54. The third kappa shape index (κ3) is 2.98. The summed E-state index contributed by atoms with van der Waals surface area (Å²) in [6.45, 7) is 11.2. The second-order valence-electron chi connectivity index (χ2n) is 7.47. The molecule has 1 saturated carbocycles. The minimum absolute atomic E-state index is 0.431. The van der Waals surface area contributed by atoms with Crippen LogP contribution in [0, 0.1) is 17.8 Å². The zero-order chi connectivity index (χ0) is 13.4. The van der Waals surface area contributed by atoms with Gasteiger partial charge in [-0.3, -0.25) is 4.90 Å². The molecule has 0 aromatic heterocycles. The van der Waals surface area contributed by atoms with Crippen LogP contribution in [0.1, 0.15) is 39.5 Å². The first-order chi connectivity index (χ1) is 9.13. The highest BCUT2D eigenvalue weighted by atomic mass is 15.3. The van der Waals surface area contributed by atoms with Crippen LogP contribution in [0.5, 0.6) is 0 Å². The molecule has 2 N–H and O–H groups in total. The number of fused-ring (bicyclic) bond motifs is 1. The molecule has 2 heterocycles. The van der Waals surface area contributed by atoms with E-state index < -0.39 is 0 Å². The summed E-state index contributed by atoms with van der Waals surface area (Å²) in [5.74, 6) is 2.36. The molecule has 0 aromatic rings. The molecule has 5 atom stereocenters. The molecule has 3 fully saturated rings. The first-order valence-corrected chi connectivity index (χ1v) is 8.35. The number of nitrogens with zero attached hydrogens (tertiary/aromatic N) is 2. The number of rotatable bonds is 2. The van der Waals surface area contributed by atoms with Gasteiger partial charge >= 0.3 is 0 Å². The molecule has 0 spiro atoms. The van der Waals surface area contributed by atoms with Gasteiger partial charge in [-0.05, 0) is 50.0 Å². The van der Waals surface area contributed by atoms with Crippen LogP contribution < -0.4 is 5.73 Å². The van der Waals surface area contributed by atoms with Crippen LogP contribution in [0.15, 0.2) is 0 Å².